The van der Waals surface area contributed by atoms with Gasteiger partial charge in [-0.3, -0.25) is 4.79 Å². The number of amides is 1. The van der Waals surface area contributed by atoms with Gasteiger partial charge in [-0.1, -0.05) is 13.0 Å². The lowest BCUT2D eigenvalue weighted by Crippen LogP contribution is -2.45. The SMILES string of the molecule is CCOCCCOc1ccc2c(COc3cccc4[nH]c(C(=O)NC5CCC(O)(CCN6CCC[C@@H](C)C6)CC5)cc34)coc2c1. The van der Waals surface area contributed by atoms with E-state index in [1.807, 2.05) is 49.4 Å². The van der Waals surface area contributed by atoms with Crippen molar-refractivity contribution >= 4 is 27.8 Å². The summed E-state index contributed by atoms with van der Waals surface area (Å²) in [6.07, 6.45) is 8.94. The van der Waals surface area contributed by atoms with Crippen molar-refractivity contribution in [3.8, 4) is 11.5 Å². The van der Waals surface area contributed by atoms with Gasteiger partial charge in [0.05, 0.1) is 18.5 Å². The van der Waals surface area contributed by atoms with Crippen LogP contribution in [0.4, 0.5) is 0 Å². The largest absolute Gasteiger partial charge is 0.493 e. The van der Waals surface area contributed by atoms with Gasteiger partial charge in [-0.2, -0.15) is 0 Å². The number of aliphatic hydroxyl groups is 1. The Hall–Kier alpha value is -3.53. The molecule has 2 aromatic carbocycles. The lowest BCUT2D eigenvalue weighted by Gasteiger charge is -2.39. The van der Waals surface area contributed by atoms with E-state index in [9.17, 15) is 9.90 Å². The van der Waals surface area contributed by atoms with E-state index < -0.39 is 5.60 Å². The molecule has 0 unspecified atom stereocenters. The van der Waals surface area contributed by atoms with Gasteiger partial charge in [-0.15, -0.1) is 0 Å². The second-order valence-electron chi connectivity index (χ2n) is 13.3. The van der Waals surface area contributed by atoms with Crippen LogP contribution in [0.25, 0.3) is 21.9 Å². The summed E-state index contributed by atoms with van der Waals surface area (Å²) in [5.41, 5.74) is 2.41. The molecule has 3 N–H and O–H groups in total. The number of piperidine rings is 1. The van der Waals surface area contributed by atoms with Gasteiger partial charge in [-0.05, 0) is 94.7 Å². The monoisotopic (exact) mass is 631 g/mol. The lowest BCUT2D eigenvalue weighted by atomic mass is 9.80. The predicted molar refractivity (Wildman–Crippen MR) is 180 cm³/mol. The van der Waals surface area contributed by atoms with Crippen molar-refractivity contribution in [1.29, 1.82) is 0 Å². The molecular weight excluding hydrogens is 582 g/mol. The molecule has 9 heteroatoms. The number of hydrogen-bond donors (Lipinski definition) is 3. The van der Waals surface area contributed by atoms with E-state index in [4.69, 9.17) is 18.6 Å². The third kappa shape index (κ3) is 8.06. The molecule has 46 heavy (non-hydrogen) atoms. The maximum atomic E-state index is 13.3. The number of hydrogen-bond acceptors (Lipinski definition) is 7. The van der Waals surface area contributed by atoms with E-state index in [1.54, 1.807) is 6.26 Å². The number of carbonyl (C=O) groups excluding carboxylic acids is 1. The van der Waals surface area contributed by atoms with E-state index in [0.29, 0.717) is 37.9 Å². The quantitative estimate of drug-likeness (QED) is 0.131. The average Bonchev–Trinajstić information content (AvgIpc) is 3.69. The molecule has 1 aliphatic heterocycles. The number of aromatic nitrogens is 1. The first-order valence-corrected chi connectivity index (χ1v) is 17.1. The number of ether oxygens (including phenoxy) is 3. The molecule has 3 heterocycles. The first-order chi connectivity index (χ1) is 22.4. The van der Waals surface area contributed by atoms with E-state index in [-0.39, 0.29) is 11.9 Å². The van der Waals surface area contributed by atoms with Crippen molar-refractivity contribution in [2.24, 2.45) is 5.92 Å². The highest BCUT2D eigenvalue weighted by Gasteiger charge is 2.34. The molecule has 1 atom stereocenters. The number of likely N-dealkylation sites (tertiary alicyclic amines) is 1. The highest BCUT2D eigenvalue weighted by Crippen LogP contribution is 2.33. The molecule has 1 amide bonds. The Morgan fingerprint density at radius 1 is 1.11 bits per heavy atom. The Labute approximate surface area is 271 Å². The fourth-order valence-electron chi connectivity index (χ4n) is 6.96. The number of aromatic amines is 1. The highest BCUT2D eigenvalue weighted by molar-refractivity contribution is 5.99. The molecule has 2 fully saturated rings. The van der Waals surface area contributed by atoms with Gasteiger partial charge in [0.25, 0.3) is 5.91 Å². The maximum Gasteiger partial charge on any atom is 0.267 e. The summed E-state index contributed by atoms with van der Waals surface area (Å²) in [6.45, 7) is 9.86. The van der Waals surface area contributed by atoms with Crippen molar-refractivity contribution in [2.45, 2.75) is 83.5 Å². The molecule has 0 radical (unpaired) electrons. The highest BCUT2D eigenvalue weighted by atomic mass is 16.5. The van der Waals surface area contributed by atoms with Gasteiger partial charge in [0.1, 0.15) is 29.4 Å². The van der Waals surface area contributed by atoms with Crippen molar-refractivity contribution in [3.63, 3.8) is 0 Å². The minimum absolute atomic E-state index is 0.0558. The smallest absolute Gasteiger partial charge is 0.267 e. The molecule has 1 saturated carbocycles. The molecular formula is C37H49N3O6. The van der Waals surface area contributed by atoms with Crippen molar-refractivity contribution in [1.82, 2.24) is 15.2 Å². The Balaban J connectivity index is 1.01. The summed E-state index contributed by atoms with van der Waals surface area (Å²) in [7, 11) is 0. The van der Waals surface area contributed by atoms with Gasteiger partial charge in [0.15, 0.2) is 0 Å². The summed E-state index contributed by atoms with van der Waals surface area (Å²) in [6, 6.07) is 13.6. The Kier molecular flexibility index (Phi) is 10.5. The number of benzene rings is 2. The van der Waals surface area contributed by atoms with E-state index in [2.05, 4.69) is 22.1 Å². The molecule has 248 valence electrons. The molecule has 2 aliphatic rings. The van der Waals surface area contributed by atoms with Gasteiger partial charge in [-0.25, -0.2) is 0 Å². The van der Waals surface area contributed by atoms with Crippen LogP contribution >= 0.6 is 0 Å². The number of carbonyl (C=O) groups is 1. The normalized spacial score (nSPS) is 22.3. The van der Waals surface area contributed by atoms with Crippen molar-refractivity contribution < 1.29 is 28.5 Å². The Morgan fingerprint density at radius 2 is 1.98 bits per heavy atom. The van der Waals surface area contributed by atoms with Crippen LogP contribution < -0.4 is 14.8 Å². The van der Waals surface area contributed by atoms with E-state index in [1.165, 1.54) is 12.8 Å². The van der Waals surface area contributed by atoms with Crippen LogP contribution in [0.1, 0.15) is 81.3 Å². The molecule has 0 spiro atoms. The third-order valence-electron chi connectivity index (χ3n) is 9.67. The Morgan fingerprint density at radius 3 is 2.80 bits per heavy atom. The molecule has 6 rings (SSSR count). The summed E-state index contributed by atoms with van der Waals surface area (Å²) in [5, 5.41) is 16.3. The summed E-state index contributed by atoms with van der Waals surface area (Å²) >= 11 is 0. The zero-order chi connectivity index (χ0) is 31.9. The number of furan rings is 1. The van der Waals surface area contributed by atoms with Crippen LogP contribution in [0.5, 0.6) is 11.5 Å². The van der Waals surface area contributed by atoms with Crippen LogP contribution in [-0.2, 0) is 11.3 Å². The topological polar surface area (TPSA) is 109 Å². The fourth-order valence-corrected chi connectivity index (χ4v) is 6.96. The zero-order valence-corrected chi connectivity index (χ0v) is 27.3. The van der Waals surface area contributed by atoms with Crippen molar-refractivity contribution in [3.05, 3.63) is 60.0 Å². The average molecular weight is 632 g/mol. The number of nitrogens with zero attached hydrogens (tertiary/aromatic N) is 1. The van der Waals surface area contributed by atoms with Gasteiger partial charge in [0, 0.05) is 66.7 Å². The van der Waals surface area contributed by atoms with Crippen molar-refractivity contribution in [2.75, 3.05) is 39.5 Å². The molecule has 1 saturated heterocycles. The second kappa shape index (κ2) is 14.9. The number of rotatable bonds is 14. The summed E-state index contributed by atoms with van der Waals surface area (Å²) in [4.78, 5) is 19.0. The van der Waals surface area contributed by atoms with Gasteiger partial charge >= 0.3 is 0 Å². The number of fused-ring (bicyclic) bond motifs is 2. The second-order valence-corrected chi connectivity index (χ2v) is 13.3. The first kappa shape index (κ1) is 32.4. The van der Waals surface area contributed by atoms with Gasteiger partial charge in [0.2, 0.25) is 0 Å². The molecule has 2 aromatic heterocycles. The van der Waals surface area contributed by atoms with Crippen LogP contribution in [0.2, 0.25) is 0 Å². The third-order valence-corrected chi connectivity index (χ3v) is 9.67. The summed E-state index contributed by atoms with van der Waals surface area (Å²) < 4.78 is 23.3. The van der Waals surface area contributed by atoms with Crippen LogP contribution in [0, 0.1) is 5.92 Å². The lowest BCUT2D eigenvalue weighted by molar-refractivity contribution is -0.0201. The minimum Gasteiger partial charge on any atom is -0.493 e. The number of nitrogens with one attached hydrogen (secondary N) is 2. The molecule has 1 aliphatic carbocycles. The van der Waals surface area contributed by atoms with Crippen LogP contribution in [0.3, 0.4) is 0 Å². The first-order valence-electron chi connectivity index (χ1n) is 17.1. The zero-order valence-electron chi connectivity index (χ0n) is 27.3. The standard InChI is InChI=1S/C37H49N3O6/c1-3-43-19-6-20-44-29-10-11-30-27(25-46-35(30)21-29)24-45-34-9-4-8-32-31(34)22-33(39-32)36(41)38-28-12-14-37(42,15-13-28)16-18-40-17-5-7-26(2)23-40/h4,8-11,21-22,25-26,28,39,42H,3,5-7,12-20,23-24H2,1-2H3,(H,38,41)/t26-,28?,37?/m1/s1. The predicted octanol–water partition coefficient (Wildman–Crippen LogP) is 6.82. The van der Waals surface area contributed by atoms with Gasteiger partial charge < -0.3 is 38.9 Å². The fraction of sp³-hybridized carbons (Fsp3) is 0.541. The van der Waals surface area contributed by atoms with Crippen LogP contribution in [-0.4, -0.2) is 72.0 Å². The maximum absolute atomic E-state index is 13.3. The minimum atomic E-state index is -0.630. The van der Waals surface area contributed by atoms with E-state index in [0.717, 1.165) is 97.3 Å². The number of H-pyrrole nitrogens is 1. The Bertz CT molecular complexity index is 1590. The molecule has 4 aromatic rings. The summed E-state index contributed by atoms with van der Waals surface area (Å²) in [5.74, 6) is 2.08. The molecule has 9 nitrogen and oxygen atoms in total. The van der Waals surface area contributed by atoms with Crippen LogP contribution in [0.15, 0.2) is 53.1 Å². The molecule has 0 bridgehead atoms. The van der Waals surface area contributed by atoms with E-state index >= 15 is 0 Å².